The number of fused-ring (bicyclic) bond motifs is 1. The third-order valence-electron chi connectivity index (χ3n) is 4.57. The summed E-state index contributed by atoms with van der Waals surface area (Å²) < 4.78 is 16.9. The van der Waals surface area contributed by atoms with E-state index in [9.17, 15) is 0 Å². The number of methoxy groups -OCH3 is 2. The van der Waals surface area contributed by atoms with E-state index in [0.29, 0.717) is 12.1 Å². The SMILES string of the molecule is COc1cc(CN[C@@H]2CCC[C@H]2OC)cc2nc(C(C)C)oc12. The molecule has 1 saturated carbocycles. The highest BCUT2D eigenvalue weighted by atomic mass is 16.5. The number of oxazole rings is 1. The van der Waals surface area contributed by atoms with Crippen LogP contribution in [-0.2, 0) is 11.3 Å². The minimum Gasteiger partial charge on any atom is -0.493 e. The zero-order valence-electron chi connectivity index (χ0n) is 14.4. The van der Waals surface area contributed by atoms with E-state index in [1.807, 2.05) is 6.07 Å². The van der Waals surface area contributed by atoms with Crippen LogP contribution in [0, 0.1) is 0 Å². The summed E-state index contributed by atoms with van der Waals surface area (Å²) in [5.74, 6) is 1.75. The molecular weight excluding hydrogens is 292 g/mol. The summed E-state index contributed by atoms with van der Waals surface area (Å²) >= 11 is 0. The average molecular weight is 318 g/mol. The molecule has 0 aliphatic heterocycles. The Balaban J connectivity index is 1.80. The van der Waals surface area contributed by atoms with Gasteiger partial charge in [-0.3, -0.25) is 0 Å². The summed E-state index contributed by atoms with van der Waals surface area (Å²) in [7, 11) is 3.46. The van der Waals surface area contributed by atoms with E-state index in [-0.39, 0.29) is 5.92 Å². The van der Waals surface area contributed by atoms with Crippen LogP contribution in [-0.4, -0.2) is 31.3 Å². The largest absolute Gasteiger partial charge is 0.493 e. The van der Waals surface area contributed by atoms with Crippen molar-refractivity contribution in [2.75, 3.05) is 14.2 Å². The standard InChI is InChI=1S/C18H26N2O3/c1-11(2)18-20-14-8-12(9-16(22-4)17(14)23-18)10-19-13-6-5-7-15(13)21-3/h8-9,11,13,15,19H,5-7,10H2,1-4H3/t13-,15-/m1/s1. The fourth-order valence-electron chi connectivity index (χ4n) is 3.27. The first-order chi connectivity index (χ1) is 11.1. The average Bonchev–Trinajstić information content (AvgIpc) is 3.17. The highest BCUT2D eigenvalue weighted by Gasteiger charge is 2.26. The van der Waals surface area contributed by atoms with Crippen LogP contribution in [0.5, 0.6) is 5.75 Å². The molecule has 3 rings (SSSR count). The minimum atomic E-state index is 0.259. The van der Waals surface area contributed by atoms with Gasteiger partial charge in [0, 0.05) is 25.6 Å². The Morgan fingerprint density at radius 1 is 1.30 bits per heavy atom. The molecule has 0 saturated heterocycles. The molecule has 1 aliphatic rings. The number of aromatic nitrogens is 1. The second-order valence-electron chi connectivity index (χ2n) is 6.55. The molecule has 0 spiro atoms. The van der Waals surface area contributed by atoms with Crippen LogP contribution in [0.4, 0.5) is 0 Å². The van der Waals surface area contributed by atoms with E-state index < -0.39 is 0 Å². The molecule has 1 heterocycles. The third kappa shape index (κ3) is 3.35. The molecule has 1 aliphatic carbocycles. The predicted octanol–water partition coefficient (Wildman–Crippen LogP) is 3.62. The fourth-order valence-corrected chi connectivity index (χ4v) is 3.27. The Labute approximate surface area is 137 Å². The molecule has 126 valence electrons. The number of benzene rings is 1. The van der Waals surface area contributed by atoms with Gasteiger partial charge >= 0.3 is 0 Å². The molecule has 5 heteroatoms. The van der Waals surface area contributed by atoms with E-state index in [1.165, 1.54) is 12.8 Å². The van der Waals surface area contributed by atoms with Crippen LogP contribution in [0.1, 0.15) is 50.5 Å². The lowest BCUT2D eigenvalue weighted by Gasteiger charge is -2.19. The first kappa shape index (κ1) is 16.3. The summed E-state index contributed by atoms with van der Waals surface area (Å²) in [5.41, 5.74) is 2.75. The van der Waals surface area contributed by atoms with E-state index in [2.05, 4.69) is 30.2 Å². The number of nitrogens with zero attached hydrogens (tertiary/aromatic N) is 1. The summed E-state index contributed by atoms with van der Waals surface area (Å²) in [4.78, 5) is 4.59. The highest BCUT2D eigenvalue weighted by molar-refractivity contribution is 5.80. The van der Waals surface area contributed by atoms with Gasteiger partial charge < -0.3 is 19.2 Å². The normalized spacial score (nSPS) is 21.4. The predicted molar refractivity (Wildman–Crippen MR) is 89.9 cm³/mol. The summed E-state index contributed by atoms with van der Waals surface area (Å²) in [6.07, 6.45) is 3.84. The molecule has 0 radical (unpaired) electrons. The lowest BCUT2D eigenvalue weighted by atomic mass is 10.1. The molecule has 2 aromatic rings. The van der Waals surface area contributed by atoms with Gasteiger partial charge in [0.05, 0.1) is 13.2 Å². The maximum Gasteiger partial charge on any atom is 0.198 e. The number of hydrogen-bond acceptors (Lipinski definition) is 5. The van der Waals surface area contributed by atoms with Crippen LogP contribution >= 0.6 is 0 Å². The zero-order valence-corrected chi connectivity index (χ0v) is 14.4. The second-order valence-corrected chi connectivity index (χ2v) is 6.55. The Hall–Kier alpha value is -1.59. The number of rotatable bonds is 6. The minimum absolute atomic E-state index is 0.259. The third-order valence-corrected chi connectivity index (χ3v) is 4.57. The van der Waals surface area contributed by atoms with Gasteiger partial charge in [0.25, 0.3) is 0 Å². The van der Waals surface area contributed by atoms with Gasteiger partial charge in [0.15, 0.2) is 17.2 Å². The van der Waals surface area contributed by atoms with Crippen molar-refractivity contribution in [3.63, 3.8) is 0 Å². The number of hydrogen-bond donors (Lipinski definition) is 1. The summed E-state index contributed by atoms with van der Waals surface area (Å²) in [6, 6.07) is 4.53. The van der Waals surface area contributed by atoms with E-state index in [4.69, 9.17) is 13.9 Å². The molecule has 5 nitrogen and oxygen atoms in total. The maximum absolute atomic E-state index is 5.84. The monoisotopic (exact) mass is 318 g/mol. The van der Waals surface area contributed by atoms with Gasteiger partial charge in [-0.1, -0.05) is 13.8 Å². The van der Waals surface area contributed by atoms with Crippen molar-refractivity contribution in [2.45, 2.75) is 57.7 Å². The van der Waals surface area contributed by atoms with Gasteiger partial charge in [0.1, 0.15) is 5.52 Å². The van der Waals surface area contributed by atoms with E-state index >= 15 is 0 Å². The van der Waals surface area contributed by atoms with Gasteiger partial charge in [-0.15, -0.1) is 0 Å². The molecule has 0 bridgehead atoms. The Morgan fingerprint density at radius 2 is 2.13 bits per heavy atom. The second kappa shape index (κ2) is 6.89. The van der Waals surface area contributed by atoms with Gasteiger partial charge in [-0.2, -0.15) is 0 Å². The van der Waals surface area contributed by atoms with E-state index in [1.54, 1.807) is 14.2 Å². The van der Waals surface area contributed by atoms with E-state index in [0.717, 1.165) is 41.3 Å². The van der Waals surface area contributed by atoms with Crippen molar-refractivity contribution < 1.29 is 13.9 Å². The van der Waals surface area contributed by atoms with Crippen molar-refractivity contribution >= 4 is 11.1 Å². The highest BCUT2D eigenvalue weighted by Crippen LogP contribution is 2.31. The molecule has 2 atom stereocenters. The van der Waals surface area contributed by atoms with Crippen molar-refractivity contribution in [3.05, 3.63) is 23.6 Å². The Bertz CT molecular complexity index is 666. The molecule has 23 heavy (non-hydrogen) atoms. The summed E-state index contributed by atoms with van der Waals surface area (Å²) in [6.45, 7) is 4.93. The van der Waals surface area contributed by atoms with Crippen molar-refractivity contribution in [1.29, 1.82) is 0 Å². The van der Waals surface area contributed by atoms with Crippen molar-refractivity contribution in [1.82, 2.24) is 10.3 Å². The topological polar surface area (TPSA) is 56.5 Å². The first-order valence-corrected chi connectivity index (χ1v) is 8.36. The summed E-state index contributed by atoms with van der Waals surface area (Å²) in [5, 5.41) is 3.61. The molecule has 1 aromatic heterocycles. The van der Waals surface area contributed by atoms with Crippen LogP contribution in [0.25, 0.3) is 11.1 Å². The molecule has 0 amide bonds. The quantitative estimate of drug-likeness (QED) is 0.881. The van der Waals surface area contributed by atoms with Gasteiger partial charge in [-0.25, -0.2) is 4.98 Å². The van der Waals surface area contributed by atoms with Crippen molar-refractivity contribution in [2.24, 2.45) is 0 Å². The first-order valence-electron chi connectivity index (χ1n) is 8.36. The smallest absolute Gasteiger partial charge is 0.198 e. The van der Waals surface area contributed by atoms with Crippen LogP contribution < -0.4 is 10.1 Å². The Kier molecular flexibility index (Phi) is 4.87. The van der Waals surface area contributed by atoms with Crippen LogP contribution in [0.15, 0.2) is 16.5 Å². The number of nitrogens with one attached hydrogen (secondary N) is 1. The van der Waals surface area contributed by atoms with Gasteiger partial charge in [0.2, 0.25) is 0 Å². The lowest BCUT2D eigenvalue weighted by Crippen LogP contribution is -2.36. The fraction of sp³-hybridized carbons (Fsp3) is 0.611. The zero-order chi connectivity index (χ0) is 16.4. The molecule has 1 fully saturated rings. The molecule has 1 N–H and O–H groups in total. The van der Waals surface area contributed by atoms with Crippen LogP contribution in [0.3, 0.4) is 0 Å². The maximum atomic E-state index is 5.84. The Morgan fingerprint density at radius 3 is 2.83 bits per heavy atom. The van der Waals surface area contributed by atoms with Crippen molar-refractivity contribution in [3.8, 4) is 5.75 Å². The molecule has 1 aromatic carbocycles. The molecule has 0 unspecified atom stereocenters. The van der Waals surface area contributed by atoms with Crippen LogP contribution in [0.2, 0.25) is 0 Å². The number of ether oxygens (including phenoxy) is 2. The molecular formula is C18H26N2O3. The lowest BCUT2D eigenvalue weighted by molar-refractivity contribution is 0.0847. The van der Waals surface area contributed by atoms with Gasteiger partial charge in [-0.05, 0) is 37.0 Å².